The lowest BCUT2D eigenvalue weighted by Gasteiger charge is -2.04. The Hall–Kier alpha value is -2.73. The largest absolute Gasteiger partial charge is 0.449 e. The molecule has 1 aromatic carbocycles. The summed E-state index contributed by atoms with van der Waals surface area (Å²) in [4.78, 5) is 27.9. The van der Waals surface area contributed by atoms with Gasteiger partial charge >= 0.3 is 0 Å². The Bertz CT molecular complexity index is 879. The van der Waals surface area contributed by atoms with Crippen molar-refractivity contribution >= 4 is 28.7 Å². The summed E-state index contributed by atoms with van der Waals surface area (Å²) >= 11 is 1.52. The number of carbonyl (C=O) groups excluding carboxylic acids is 2. The van der Waals surface area contributed by atoms with Gasteiger partial charge in [-0.05, 0) is 38.1 Å². The molecule has 0 aliphatic heterocycles. The molecule has 2 heterocycles. The first-order chi connectivity index (χ1) is 11.0. The van der Waals surface area contributed by atoms with Crippen LogP contribution in [-0.2, 0) is 0 Å². The Labute approximate surface area is 137 Å². The molecular formula is C17H14N2O3S. The van der Waals surface area contributed by atoms with Gasteiger partial charge in [-0.15, -0.1) is 11.3 Å². The van der Waals surface area contributed by atoms with E-state index in [0.717, 1.165) is 5.01 Å². The van der Waals surface area contributed by atoms with Crippen LogP contribution in [-0.4, -0.2) is 16.7 Å². The third-order valence-corrected chi connectivity index (χ3v) is 4.00. The molecule has 23 heavy (non-hydrogen) atoms. The van der Waals surface area contributed by atoms with Crippen LogP contribution in [0.2, 0.25) is 0 Å². The Morgan fingerprint density at radius 3 is 2.74 bits per heavy atom. The number of aryl methyl sites for hydroxylation is 1. The van der Waals surface area contributed by atoms with E-state index >= 15 is 0 Å². The van der Waals surface area contributed by atoms with Crippen molar-refractivity contribution in [3.63, 3.8) is 0 Å². The van der Waals surface area contributed by atoms with Crippen LogP contribution in [0.15, 0.2) is 46.2 Å². The summed E-state index contributed by atoms with van der Waals surface area (Å²) in [5.41, 5.74) is 1.80. The number of nitrogens with one attached hydrogen (secondary N) is 1. The van der Waals surface area contributed by atoms with Crippen molar-refractivity contribution in [2.45, 2.75) is 13.8 Å². The van der Waals surface area contributed by atoms with Crippen molar-refractivity contribution in [3.8, 4) is 11.5 Å². The van der Waals surface area contributed by atoms with Gasteiger partial charge in [0, 0.05) is 16.6 Å². The number of furan rings is 1. The molecule has 0 saturated heterocycles. The molecule has 0 aliphatic rings. The molecule has 3 rings (SSSR count). The van der Waals surface area contributed by atoms with Crippen molar-refractivity contribution in [1.29, 1.82) is 0 Å². The molecule has 0 spiro atoms. The third-order valence-electron chi connectivity index (χ3n) is 3.23. The zero-order valence-electron chi connectivity index (χ0n) is 12.6. The Kier molecular flexibility index (Phi) is 4.08. The summed E-state index contributed by atoms with van der Waals surface area (Å²) in [7, 11) is 0. The second kappa shape index (κ2) is 6.18. The van der Waals surface area contributed by atoms with E-state index in [0.29, 0.717) is 22.7 Å². The summed E-state index contributed by atoms with van der Waals surface area (Å²) in [6, 6.07) is 10.1. The molecule has 0 saturated carbocycles. The summed E-state index contributed by atoms with van der Waals surface area (Å²) in [6.07, 6.45) is 0. The summed E-state index contributed by atoms with van der Waals surface area (Å²) in [5.74, 6) is 0.319. The molecule has 0 atom stereocenters. The second-order valence-corrected chi connectivity index (χ2v) is 6.07. The van der Waals surface area contributed by atoms with Gasteiger partial charge in [0.25, 0.3) is 5.91 Å². The number of benzene rings is 1. The van der Waals surface area contributed by atoms with E-state index in [1.807, 2.05) is 12.3 Å². The van der Waals surface area contributed by atoms with E-state index < -0.39 is 0 Å². The number of nitrogens with zero attached hydrogens (tertiary/aromatic N) is 1. The number of thiazole rings is 1. The molecule has 3 aromatic rings. The minimum absolute atomic E-state index is 0.0553. The monoisotopic (exact) mass is 326 g/mol. The summed E-state index contributed by atoms with van der Waals surface area (Å²) < 4.78 is 5.56. The first-order valence-corrected chi connectivity index (χ1v) is 7.85. The number of anilines is 1. The molecule has 0 radical (unpaired) electrons. The standard InChI is InChI=1S/C17H14N2O3S/c1-10(20)12-4-3-5-13(8-12)19-17(21)16-7-6-15(22-16)14-9-23-11(2)18-14/h3-9H,1-2H3,(H,19,21). The van der Waals surface area contributed by atoms with Crippen molar-refractivity contribution in [2.75, 3.05) is 5.32 Å². The number of aromatic nitrogens is 1. The van der Waals surface area contributed by atoms with E-state index in [1.54, 1.807) is 36.4 Å². The van der Waals surface area contributed by atoms with Gasteiger partial charge in [-0.25, -0.2) is 4.98 Å². The van der Waals surface area contributed by atoms with Crippen LogP contribution in [0.4, 0.5) is 5.69 Å². The lowest BCUT2D eigenvalue weighted by atomic mass is 10.1. The van der Waals surface area contributed by atoms with Crippen LogP contribution < -0.4 is 5.32 Å². The summed E-state index contributed by atoms with van der Waals surface area (Å²) in [6.45, 7) is 3.39. The fraction of sp³-hybridized carbons (Fsp3) is 0.118. The number of Topliss-reactive ketones (excluding diaryl/α,β-unsaturated/α-hetero) is 1. The van der Waals surface area contributed by atoms with E-state index in [-0.39, 0.29) is 17.5 Å². The first-order valence-electron chi connectivity index (χ1n) is 6.97. The predicted molar refractivity (Wildman–Crippen MR) is 89.0 cm³/mol. The highest BCUT2D eigenvalue weighted by Gasteiger charge is 2.14. The summed E-state index contributed by atoms with van der Waals surface area (Å²) in [5, 5.41) is 5.54. The first kappa shape index (κ1) is 15.2. The van der Waals surface area contributed by atoms with Gasteiger partial charge in [0.1, 0.15) is 5.69 Å². The molecule has 1 amide bonds. The van der Waals surface area contributed by atoms with Gasteiger partial charge in [-0.2, -0.15) is 0 Å². The molecule has 0 unspecified atom stereocenters. The van der Waals surface area contributed by atoms with E-state index in [1.165, 1.54) is 18.3 Å². The molecule has 0 aliphatic carbocycles. The molecule has 6 heteroatoms. The minimum Gasteiger partial charge on any atom is -0.449 e. The molecule has 2 aromatic heterocycles. The quantitative estimate of drug-likeness (QED) is 0.730. The van der Waals surface area contributed by atoms with Gasteiger partial charge < -0.3 is 9.73 Å². The van der Waals surface area contributed by atoms with Gasteiger partial charge in [0.2, 0.25) is 0 Å². The predicted octanol–water partition coefficient (Wildman–Crippen LogP) is 4.17. The lowest BCUT2D eigenvalue weighted by molar-refractivity contribution is 0.0992. The van der Waals surface area contributed by atoms with Crippen LogP contribution in [0.5, 0.6) is 0 Å². The van der Waals surface area contributed by atoms with Gasteiger partial charge in [0.15, 0.2) is 17.3 Å². The maximum Gasteiger partial charge on any atom is 0.291 e. The lowest BCUT2D eigenvalue weighted by Crippen LogP contribution is -2.11. The maximum atomic E-state index is 12.2. The number of ketones is 1. The van der Waals surface area contributed by atoms with Gasteiger partial charge in [0.05, 0.1) is 5.01 Å². The highest BCUT2D eigenvalue weighted by molar-refractivity contribution is 7.09. The molecule has 116 valence electrons. The van der Waals surface area contributed by atoms with Gasteiger partial charge in [-0.1, -0.05) is 12.1 Å². The number of hydrogen-bond donors (Lipinski definition) is 1. The molecule has 1 N–H and O–H groups in total. The van der Waals surface area contributed by atoms with Crippen molar-refractivity contribution in [3.05, 3.63) is 58.1 Å². The fourth-order valence-electron chi connectivity index (χ4n) is 2.08. The van der Waals surface area contributed by atoms with Crippen LogP contribution in [0, 0.1) is 6.92 Å². The number of amides is 1. The molecule has 0 fully saturated rings. The third kappa shape index (κ3) is 3.37. The van der Waals surface area contributed by atoms with E-state index in [4.69, 9.17) is 4.42 Å². The maximum absolute atomic E-state index is 12.2. The molecule has 5 nitrogen and oxygen atoms in total. The smallest absolute Gasteiger partial charge is 0.291 e. The van der Waals surface area contributed by atoms with E-state index in [2.05, 4.69) is 10.3 Å². The SMILES string of the molecule is CC(=O)c1cccc(NC(=O)c2ccc(-c3csc(C)n3)o2)c1. The second-order valence-electron chi connectivity index (χ2n) is 5.01. The number of rotatable bonds is 4. The molecule has 0 bridgehead atoms. The Balaban J connectivity index is 1.77. The Morgan fingerprint density at radius 2 is 2.04 bits per heavy atom. The number of carbonyl (C=O) groups is 2. The fourth-order valence-corrected chi connectivity index (χ4v) is 2.68. The highest BCUT2D eigenvalue weighted by atomic mass is 32.1. The van der Waals surface area contributed by atoms with Gasteiger partial charge in [-0.3, -0.25) is 9.59 Å². The Morgan fingerprint density at radius 1 is 1.22 bits per heavy atom. The number of hydrogen-bond acceptors (Lipinski definition) is 5. The zero-order valence-corrected chi connectivity index (χ0v) is 13.4. The minimum atomic E-state index is -0.371. The normalized spacial score (nSPS) is 10.5. The topological polar surface area (TPSA) is 72.2 Å². The van der Waals surface area contributed by atoms with Crippen LogP contribution in [0.1, 0.15) is 32.8 Å². The molecular weight excluding hydrogens is 312 g/mol. The highest BCUT2D eigenvalue weighted by Crippen LogP contribution is 2.24. The van der Waals surface area contributed by atoms with Crippen LogP contribution >= 0.6 is 11.3 Å². The van der Waals surface area contributed by atoms with Crippen molar-refractivity contribution in [2.24, 2.45) is 0 Å². The van der Waals surface area contributed by atoms with Crippen molar-refractivity contribution in [1.82, 2.24) is 4.98 Å². The van der Waals surface area contributed by atoms with Crippen LogP contribution in [0.25, 0.3) is 11.5 Å². The van der Waals surface area contributed by atoms with E-state index in [9.17, 15) is 9.59 Å². The average Bonchev–Trinajstić information content (AvgIpc) is 3.16. The zero-order chi connectivity index (χ0) is 16.4. The average molecular weight is 326 g/mol. The van der Waals surface area contributed by atoms with Crippen LogP contribution in [0.3, 0.4) is 0 Å². The van der Waals surface area contributed by atoms with Crippen molar-refractivity contribution < 1.29 is 14.0 Å².